The third-order valence-electron chi connectivity index (χ3n) is 4.27. The topological polar surface area (TPSA) is 58.6 Å². The van der Waals surface area contributed by atoms with Gasteiger partial charge < -0.3 is 15.2 Å². The van der Waals surface area contributed by atoms with Crippen LogP contribution < -0.4 is 5.32 Å². The minimum Gasteiger partial charge on any atom is -0.388 e. The molecule has 4 nitrogen and oxygen atoms in total. The lowest BCUT2D eigenvalue weighted by Crippen LogP contribution is -2.46. The zero-order chi connectivity index (χ0) is 13.0. The Hall–Kier alpha value is -0.610. The molecule has 2 rings (SSSR count). The molecule has 2 N–H and O–H groups in total. The molecular weight excluding hydrogens is 230 g/mol. The van der Waals surface area contributed by atoms with Crippen LogP contribution in [0.1, 0.15) is 51.9 Å². The van der Waals surface area contributed by atoms with Gasteiger partial charge in [0.15, 0.2) is 0 Å². The van der Waals surface area contributed by atoms with Crippen LogP contribution in [0.5, 0.6) is 0 Å². The van der Waals surface area contributed by atoms with Crippen LogP contribution in [0.4, 0.5) is 0 Å². The van der Waals surface area contributed by atoms with Crippen LogP contribution in [0.2, 0.25) is 0 Å². The molecule has 1 aliphatic heterocycles. The van der Waals surface area contributed by atoms with Gasteiger partial charge in [-0.2, -0.15) is 0 Å². The van der Waals surface area contributed by atoms with Gasteiger partial charge in [0.2, 0.25) is 5.91 Å². The Morgan fingerprint density at radius 1 is 1.33 bits per heavy atom. The van der Waals surface area contributed by atoms with E-state index >= 15 is 0 Å². The van der Waals surface area contributed by atoms with Crippen LogP contribution >= 0.6 is 0 Å². The predicted molar refractivity (Wildman–Crippen MR) is 69.2 cm³/mol. The molecule has 1 aliphatic carbocycles. The van der Waals surface area contributed by atoms with E-state index in [4.69, 9.17) is 4.74 Å². The molecule has 0 aromatic rings. The van der Waals surface area contributed by atoms with Crippen molar-refractivity contribution in [2.24, 2.45) is 5.92 Å². The van der Waals surface area contributed by atoms with Crippen LogP contribution in [-0.4, -0.2) is 35.9 Å². The number of aliphatic hydroxyl groups is 1. The SMILES string of the molecule is CC1CCOC1C(=O)NCC1(O)CCCCCC1. The quantitative estimate of drug-likeness (QED) is 0.753. The molecule has 2 fully saturated rings. The maximum absolute atomic E-state index is 12.0. The molecule has 4 heteroatoms. The van der Waals surface area contributed by atoms with Gasteiger partial charge in [-0.05, 0) is 25.2 Å². The number of carbonyl (C=O) groups excluding carboxylic acids is 1. The number of carbonyl (C=O) groups is 1. The third-order valence-corrected chi connectivity index (χ3v) is 4.27. The van der Waals surface area contributed by atoms with Crippen molar-refractivity contribution >= 4 is 5.91 Å². The number of rotatable bonds is 3. The molecule has 0 spiro atoms. The Labute approximate surface area is 109 Å². The molecule has 0 aromatic heterocycles. The average molecular weight is 255 g/mol. The minimum absolute atomic E-state index is 0.0577. The number of hydrogen-bond acceptors (Lipinski definition) is 3. The highest BCUT2D eigenvalue weighted by Gasteiger charge is 2.33. The van der Waals surface area contributed by atoms with Crippen LogP contribution in [0, 0.1) is 5.92 Å². The first-order valence-electron chi connectivity index (χ1n) is 7.22. The number of ether oxygens (including phenoxy) is 1. The van der Waals surface area contributed by atoms with E-state index in [1.165, 1.54) is 12.8 Å². The molecule has 1 saturated heterocycles. The second-order valence-electron chi connectivity index (χ2n) is 5.91. The van der Waals surface area contributed by atoms with Crippen molar-refractivity contribution < 1.29 is 14.6 Å². The highest BCUT2D eigenvalue weighted by Crippen LogP contribution is 2.26. The summed E-state index contributed by atoms with van der Waals surface area (Å²) in [6.45, 7) is 3.08. The fourth-order valence-electron chi connectivity index (χ4n) is 2.95. The fraction of sp³-hybridized carbons (Fsp3) is 0.929. The number of hydrogen-bond donors (Lipinski definition) is 2. The first-order chi connectivity index (χ1) is 8.61. The summed E-state index contributed by atoms with van der Waals surface area (Å²) in [6.07, 6.45) is 6.73. The van der Waals surface area contributed by atoms with Crippen molar-refractivity contribution in [3.63, 3.8) is 0 Å². The van der Waals surface area contributed by atoms with Gasteiger partial charge in [0.1, 0.15) is 6.10 Å². The lowest BCUT2D eigenvalue weighted by Gasteiger charge is -2.27. The van der Waals surface area contributed by atoms with Gasteiger partial charge in [0.05, 0.1) is 5.60 Å². The normalized spacial score (nSPS) is 31.9. The van der Waals surface area contributed by atoms with Crippen LogP contribution in [0.25, 0.3) is 0 Å². The van der Waals surface area contributed by atoms with Crippen molar-refractivity contribution in [1.29, 1.82) is 0 Å². The second-order valence-corrected chi connectivity index (χ2v) is 5.91. The molecule has 2 unspecified atom stereocenters. The standard InChI is InChI=1S/C14H25NO3/c1-11-6-9-18-12(11)13(16)15-10-14(17)7-4-2-3-5-8-14/h11-12,17H,2-10H2,1H3,(H,15,16). The van der Waals surface area contributed by atoms with E-state index in [-0.39, 0.29) is 17.9 Å². The number of amides is 1. The average Bonchev–Trinajstić information content (AvgIpc) is 2.65. The highest BCUT2D eigenvalue weighted by molar-refractivity contribution is 5.81. The maximum Gasteiger partial charge on any atom is 0.249 e. The van der Waals surface area contributed by atoms with Gasteiger partial charge in [-0.1, -0.05) is 32.6 Å². The monoisotopic (exact) mass is 255 g/mol. The largest absolute Gasteiger partial charge is 0.388 e. The van der Waals surface area contributed by atoms with E-state index in [1.54, 1.807) is 0 Å². The summed E-state index contributed by atoms with van der Waals surface area (Å²) < 4.78 is 5.43. The van der Waals surface area contributed by atoms with Crippen molar-refractivity contribution in [1.82, 2.24) is 5.32 Å². The summed E-state index contributed by atoms with van der Waals surface area (Å²) in [6, 6.07) is 0. The molecule has 1 heterocycles. The molecule has 104 valence electrons. The number of nitrogens with one attached hydrogen (secondary N) is 1. The molecular formula is C14H25NO3. The minimum atomic E-state index is -0.700. The Kier molecular flexibility index (Phi) is 4.62. The van der Waals surface area contributed by atoms with E-state index in [0.29, 0.717) is 13.2 Å². The summed E-state index contributed by atoms with van der Waals surface area (Å²) in [4.78, 5) is 12.0. The van der Waals surface area contributed by atoms with Gasteiger partial charge in [-0.15, -0.1) is 0 Å². The summed E-state index contributed by atoms with van der Waals surface area (Å²) >= 11 is 0. The summed E-state index contributed by atoms with van der Waals surface area (Å²) in [5.41, 5.74) is -0.700. The van der Waals surface area contributed by atoms with Gasteiger partial charge >= 0.3 is 0 Å². The zero-order valence-corrected chi connectivity index (χ0v) is 11.3. The molecule has 0 aromatic carbocycles. The van der Waals surface area contributed by atoms with Gasteiger partial charge in [0.25, 0.3) is 0 Å². The summed E-state index contributed by atoms with van der Waals surface area (Å²) in [7, 11) is 0. The zero-order valence-electron chi connectivity index (χ0n) is 11.3. The van der Waals surface area contributed by atoms with Crippen molar-refractivity contribution in [3.8, 4) is 0 Å². The lowest BCUT2D eigenvalue weighted by atomic mass is 9.94. The van der Waals surface area contributed by atoms with Gasteiger partial charge in [0, 0.05) is 13.2 Å². The van der Waals surface area contributed by atoms with E-state index in [2.05, 4.69) is 5.32 Å². The van der Waals surface area contributed by atoms with Crippen LogP contribution in [0.15, 0.2) is 0 Å². The van der Waals surface area contributed by atoms with Crippen LogP contribution in [-0.2, 0) is 9.53 Å². The molecule has 2 aliphatic rings. The summed E-state index contributed by atoms with van der Waals surface area (Å²) in [5, 5.41) is 13.3. The molecule has 0 bridgehead atoms. The maximum atomic E-state index is 12.0. The second kappa shape index (κ2) is 6.02. The van der Waals surface area contributed by atoms with Crippen molar-refractivity contribution in [2.45, 2.75) is 63.6 Å². The third kappa shape index (κ3) is 3.45. The lowest BCUT2D eigenvalue weighted by molar-refractivity contribution is -0.132. The first-order valence-corrected chi connectivity index (χ1v) is 7.22. The smallest absolute Gasteiger partial charge is 0.249 e. The van der Waals surface area contributed by atoms with E-state index in [9.17, 15) is 9.90 Å². The van der Waals surface area contributed by atoms with Gasteiger partial charge in [-0.25, -0.2) is 0 Å². The van der Waals surface area contributed by atoms with Crippen molar-refractivity contribution in [2.75, 3.05) is 13.2 Å². The molecule has 1 saturated carbocycles. The van der Waals surface area contributed by atoms with E-state index < -0.39 is 5.60 Å². The van der Waals surface area contributed by atoms with Crippen molar-refractivity contribution in [3.05, 3.63) is 0 Å². The summed E-state index contributed by atoms with van der Waals surface area (Å²) in [5.74, 6) is 0.228. The fourth-order valence-corrected chi connectivity index (χ4v) is 2.95. The van der Waals surface area contributed by atoms with E-state index in [0.717, 1.165) is 32.1 Å². The molecule has 1 amide bonds. The Bertz CT molecular complexity index is 285. The highest BCUT2D eigenvalue weighted by atomic mass is 16.5. The van der Waals surface area contributed by atoms with Crippen LogP contribution in [0.3, 0.4) is 0 Å². The Morgan fingerprint density at radius 3 is 2.56 bits per heavy atom. The molecule has 2 atom stereocenters. The first kappa shape index (κ1) is 13.8. The van der Waals surface area contributed by atoms with Gasteiger partial charge in [-0.3, -0.25) is 4.79 Å². The predicted octanol–water partition coefficient (Wildman–Crippen LogP) is 1.61. The Morgan fingerprint density at radius 2 is 2.00 bits per heavy atom. The van der Waals surface area contributed by atoms with E-state index in [1.807, 2.05) is 6.92 Å². The molecule has 18 heavy (non-hydrogen) atoms. The molecule has 0 radical (unpaired) electrons. The Balaban J connectivity index is 1.80.